The summed E-state index contributed by atoms with van der Waals surface area (Å²) >= 11 is 3.31. The summed E-state index contributed by atoms with van der Waals surface area (Å²) < 4.78 is 0. The second-order valence-electron chi connectivity index (χ2n) is 6.83. The lowest BCUT2D eigenvalue weighted by Crippen LogP contribution is -2.31. The van der Waals surface area contributed by atoms with E-state index in [0.29, 0.717) is 17.8 Å². The Hall–Kier alpha value is -2.38. The molecular formula is C19H17N3O2S2. The number of ketones is 1. The molecule has 0 spiro atoms. The number of aryl methyl sites for hydroxylation is 1. The number of aromatic nitrogens is 2. The van der Waals surface area contributed by atoms with Gasteiger partial charge in [-0.3, -0.25) is 19.8 Å². The molecule has 0 saturated heterocycles. The Labute approximate surface area is 157 Å². The van der Waals surface area contributed by atoms with Gasteiger partial charge in [-0.1, -0.05) is 6.07 Å². The number of thiophene rings is 2. The van der Waals surface area contributed by atoms with E-state index in [0.717, 1.165) is 28.1 Å². The highest BCUT2D eigenvalue weighted by molar-refractivity contribution is 7.10. The van der Waals surface area contributed by atoms with Crippen LogP contribution in [0.25, 0.3) is 0 Å². The first-order chi connectivity index (χ1) is 12.6. The number of allylic oxidation sites excluding steroid dienone is 2. The third-order valence-corrected chi connectivity index (χ3v) is 7.40. The number of H-pyrrole nitrogens is 2. The highest BCUT2D eigenvalue weighted by Gasteiger charge is 2.41. The van der Waals surface area contributed by atoms with Gasteiger partial charge in [0.05, 0.1) is 11.5 Å². The molecular weight excluding hydrogens is 366 g/mol. The number of Topliss-reactive ketones (excluding diaryl/α,β-unsaturated/α-hetero) is 1. The smallest absolute Gasteiger partial charge is 0.270 e. The molecule has 2 aliphatic rings. The molecule has 5 rings (SSSR count). The third kappa shape index (κ3) is 2.27. The maximum absolute atomic E-state index is 13.2. The zero-order valence-electron chi connectivity index (χ0n) is 14.1. The molecule has 0 bridgehead atoms. The summed E-state index contributed by atoms with van der Waals surface area (Å²) in [7, 11) is 0. The monoisotopic (exact) mass is 383 g/mol. The molecule has 4 heterocycles. The van der Waals surface area contributed by atoms with E-state index < -0.39 is 0 Å². The normalized spacial score (nSPS) is 22.1. The van der Waals surface area contributed by atoms with Crippen LogP contribution in [0.5, 0.6) is 0 Å². The van der Waals surface area contributed by atoms with E-state index in [1.54, 1.807) is 22.7 Å². The molecule has 2 atom stereocenters. The molecule has 0 amide bonds. The number of hydrogen-bond donors (Lipinski definition) is 3. The molecule has 0 saturated carbocycles. The molecule has 5 nitrogen and oxygen atoms in total. The second kappa shape index (κ2) is 5.82. The zero-order valence-corrected chi connectivity index (χ0v) is 15.7. The lowest BCUT2D eigenvalue weighted by Gasteiger charge is -2.34. The Balaban J connectivity index is 1.67. The lowest BCUT2D eigenvalue weighted by molar-refractivity contribution is -0.116. The summed E-state index contributed by atoms with van der Waals surface area (Å²) in [6.07, 6.45) is 1.29. The van der Waals surface area contributed by atoms with Crippen molar-refractivity contribution in [3.63, 3.8) is 0 Å². The van der Waals surface area contributed by atoms with Crippen LogP contribution < -0.4 is 10.9 Å². The van der Waals surface area contributed by atoms with Crippen LogP contribution in [0, 0.1) is 6.92 Å². The fourth-order valence-electron chi connectivity index (χ4n) is 4.09. The standard InChI is InChI=1S/C19H17N3O2S2/c1-9-4-6-26-17(9)15-14-11(20-18-16(15)19(24)22-21-18)7-10(8-12(14)23)13-3-2-5-25-13/h2-6,10,15H,7-8H2,1H3,(H3,20,21,22,24)/t10-,15-/m1/s1. The molecule has 1 aliphatic carbocycles. The minimum atomic E-state index is -0.284. The van der Waals surface area contributed by atoms with Gasteiger partial charge in [-0.05, 0) is 41.8 Å². The molecule has 3 aromatic heterocycles. The van der Waals surface area contributed by atoms with Crippen LogP contribution in [-0.4, -0.2) is 16.0 Å². The first-order valence-electron chi connectivity index (χ1n) is 8.54. The lowest BCUT2D eigenvalue weighted by atomic mass is 9.75. The van der Waals surface area contributed by atoms with Gasteiger partial charge in [-0.25, -0.2) is 0 Å². The van der Waals surface area contributed by atoms with E-state index >= 15 is 0 Å². The average Bonchev–Trinajstić information content (AvgIpc) is 3.35. The molecule has 132 valence electrons. The molecule has 26 heavy (non-hydrogen) atoms. The van der Waals surface area contributed by atoms with Crippen LogP contribution in [0.3, 0.4) is 0 Å². The molecule has 0 unspecified atom stereocenters. The number of rotatable bonds is 2. The number of anilines is 1. The van der Waals surface area contributed by atoms with Gasteiger partial charge in [0.2, 0.25) is 0 Å². The van der Waals surface area contributed by atoms with Crippen molar-refractivity contribution in [3.8, 4) is 0 Å². The van der Waals surface area contributed by atoms with E-state index in [9.17, 15) is 9.59 Å². The van der Waals surface area contributed by atoms with Crippen molar-refractivity contribution in [1.82, 2.24) is 10.2 Å². The highest BCUT2D eigenvalue weighted by Crippen LogP contribution is 2.48. The molecule has 0 fully saturated rings. The Morgan fingerprint density at radius 3 is 2.69 bits per heavy atom. The van der Waals surface area contributed by atoms with Crippen LogP contribution in [-0.2, 0) is 4.79 Å². The SMILES string of the molecule is Cc1ccsc1[C@@H]1C2=C(C[C@@H](c3cccs3)CC2=O)Nc2[nH][nH]c(=O)c21. The quantitative estimate of drug-likeness (QED) is 0.624. The van der Waals surface area contributed by atoms with Crippen molar-refractivity contribution in [1.29, 1.82) is 0 Å². The van der Waals surface area contributed by atoms with Crippen LogP contribution in [0.15, 0.2) is 45.0 Å². The fourth-order valence-corrected chi connectivity index (χ4v) is 5.96. The second-order valence-corrected chi connectivity index (χ2v) is 8.76. The first kappa shape index (κ1) is 15.8. The third-order valence-electron chi connectivity index (χ3n) is 5.29. The maximum atomic E-state index is 13.2. The van der Waals surface area contributed by atoms with Gasteiger partial charge in [0.1, 0.15) is 5.82 Å². The van der Waals surface area contributed by atoms with Crippen molar-refractivity contribution in [2.75, 3.05) is 5.32 Å². The Morgan fingerprint density at radius 1 is 1.08 bits per heavy atom. The number of carbonyl (C=O) groups excluding carboxylic acids is 1. The van der Waals surface area contributed by atoms with E-state index in [1.807, 2.05) is 24.4 Å². The van der Waals surface area contributed by atoms with Crippen LogP contribution in [0.4, 0.5) is 5.82 Å². The van der Waals surface area contributed by atoms with Crippen LogP contribution >= 0.6 is 22.7 Å². The minimum Gasteiger partial charge on any atom is -0.343 e. The Kier molecular flexibility index (Phi) is 3.55. The number of aromatic amines is 2. The number of carbonyl (C=O) groups is 1. The summed E-state index contributed by atoms with van der Waals surface area (Å²) in [5, 5.41) is 13.0. The van der Waals surface area contributed by atoms with E-state index in [1.165, 1.54) is 4.88 Å². The molecule has 7 heteroatoms. The van der Waals surface area contributed by atoms with E-state index in [4.69, 9.17) is 0 Å². The minimum absolute atomic E-state index is 0.140. The van der Waals surface area contributed by atoms with Gasteiger partial charge < -0.3 is 5.32 Å². The van der Waals surface area contributed by atoms with Crippen molar-refractivity contribution >= 4 is 34.3 Å². The average molecular weight is 383 g/mol. The predicted octanol–water partition coefficient (Wildman–Crippen LogP) is 4.09. The van der Waals surface area contributed by atoms with Crippen molar-refractivity contribution < 1.29 is 4.79 Å². The zero-order chi connectivity index (χ0) is 17.8. The molecule has 0 radical (unpaired) electrons. The number of hydrogen-bond acceptors (Lipinski definition) is 5. The van der Waals surface area contributed by atoms with Gasteiger partial charge in [0, 0.05) is 33.4 Å². The molecule has 0 aromatic carbocycles. The highest BCUT2D eigenvalue weighted by atomic mass is 32.1. The van der Waals surface area contributed by atoms with Gasteiger partial charge >= 0.3 is 0 Å². The molecule has 1 aliphatic heterocycles. The van der Waals surface area contributed by atoms with Crippen molar-refractivity contribution in [3.05, 3.63) is 71.5 Å². The van der Waals surface area contributed by atoms with Crippen LogP contribution in [0.1, 0.15) is 45.6 Å². The topological polar surface area (TPSA) is 77.8 Å². The van der Waals surface area contributed by atoms with Crippen LogP contribution in [0.2, 0.25) is 0 Å². The fraction of sp³-hybridized carbons (Fsp3) is 0.263. The van der Waals surface area contributed by atoms with Gasteiger partial charge in [0.15, 0.2) is 5.78 Å². The molecule has 3 N–H and O–H groups in total. The Bertz CT molecular complexity index is 1080. The van der Waals surface area contributed by atoms with Crippen molar-refractivity contribution in [2.24, 2.45) is 0 Å². The van der Waals surface area contributed by atoms with E-state index in [2.05, 4.69) is 27.0 Å². The van der Waals surface area contributed by atoms with E-state index in [-0.39, 0.29) is 23.2 Å². The Morgan fingerprint density at radius 2 is 1.96 bits per heavy atom. The number of nitrogens with one attached hydrogen (secondary N) is 3. The summed E-state index contributed by atoms with van der Waals surface area (Å²) in [5.74, 6) is 0.742. The first-order valence-corrected chi connectivity index (χ1v) is 10.3. The molecule has 3 aromatic rings. The van der Waals surface area contributed by atoms with Gasteiger partial charge in [0.25, 0.3) is 5.56 Å². The maximum Gasteiger partial charge on any atom is 0.270 e. The summed E-state index contributed by atoms with van der Waals surface area (Å²) in [6, 6.07) is 6.17. The number of fused-ring (bicyclic) bond motifs is 1. The van der Waals surface area contributed by atoms with Gasteiger partial charge in [-0.15, -0.1) is 22.7 Å². The van der Waals surface area contributed by atoms with Crippen molar-refractivity contribution in [2.45, 2.75) is 31.6 Å². The van der Waals surface area contributed by atoms with Gasteiger partial charge in [-0.2, -0.15) is 0 Å². The predicted molar refractivity (Wildman–Crippen MR) is 104 cm³/mol. The summed E-state index contributed by atoms with van der Waals surface area (Å²) in [4.78, 5) is 28.0. The summed E-state index contributed by atoms with van der Waals surface area (Å²) in [6.45, 7) is 2.04. The summed E-state index contributed by atoms with van der Waals surface area (Å²) in [5.41, 5.74) is 3.29. The largest absolute Gasteiger partial charge is 0.343 e.